The van der Waals surface area contributed by atoms with Gasteiger partial charge in [0.05, 0.1) is 5.69 Å². The zero-order valence-corrected chi connectivity index (χ0v) is 20.1. The second-order valence-corrected chi connectivity index (χ2v) is 8.45. The van der Waals surface area contributed by atoms with Gasteiger partial charge in [0.2, 0.25) is 5.91 Å². The third kappa shape index (κ3) is 5.53. The zero-order valence-electron chi connectivity index (χ0n) is 18.5. The van der Waals surface area contributed by atoms with Gasteiger partial charge in [-0.25, -0.2) is 15.1 Å². The van der Waals surface area contributed by atoms with E-state index in [2.05, 4.69) is 37.1 Å². The van der Waals surface area contributed by atoms with Crippen LogP contribution in [0, 0.1) is 5.92 Å². The van der Waals surface area contributed by atoms with Gasteiger partial charge in [-0.2, -0.15) is 5.10 Å². The predicted octanol–water partition coefficient (Wildman–Crippen LogP) is 3.32. The molecule has 0 aromatic heterocycles. The minimum absolute atomic E-state index is 0.232. The van der Waals surface area contributed by atoms with E-state index in [4.69, 9.17) is 0 Å². The lowest BCUT2D eigenvalue weighted by Gasteiger charge is -2.28. The largest absolute Gasteiger partial charge is 0.335 e. The van der Waals surface area contributed by atoms with Crippen LogP contribution in [0.3, 0.4) is 0 Å². The molecule has 0 bridgehead atoms. The van der Waals surface area contributed by atoms with Crippen molar-refractivity contribution in [1.82, 2.24) is 10.7 Å². The van der Waals surface area contributed by atoms with Gasteiger partial charge in [0.25, 0.3) is 17.7 Å². The third-order valence-electron chi connectivity index (χ3n) is 5.12. The van der Waals surface area contributed by atoms with Crippen LogP contribution in [0.5, 0.6) is 0 Å². The molecule has 0 radical (unpaired) electrons. The number of anilines is 2. The fourth-order valence-electron chi connectivity index (χ4n) is 3.29. The Bertz CT molecular complexity index is 1360. The van der Waals surface area contributed by atoms with Crippen molar-refractivity contribution in [2.75, 3.05) is 10.2 Å². The second kappa shape index (κ2) is 10.7. The lowest BCUT2D eigenvalue weighted by molar-refractivity contribution is -0.131. The Hall–Kier alpha value is -4.64. The molecule has 1 aliphatic rings. The normalized spacial score (nSPS) is 15.5. The highest BCUT2D eigenvalue weighted by molar-refractivity contribution is 9.10. The quantitative estimate of drug-likeness (QED) is 0.247. The first-order valence-electron chi connectivity index (χ1n) is 10.6. The van der Waals surface area contributed by atoms with Crippen molar-refractivity contribution in [1.29, 1.82) is 0 Å². The average molecular weight is 548 g/mol. The molecule has 0 saturated carbocycles. The summed E-state index contributed by atoms with van der Waals surface area (Å²) in [6, 6.07) is 20.3. The maximum atomic E-state index is 12.8. The molecule has 0 unspecified atom stereocenters. The van der Waals surface area contributed by atoms with E-state index in [1.807, 2.05) is 0 Å². The Morgan fingerprint density at radius 2 is 1.50 bits per heavy atom. The lowest BCUT2D eigenvalue weighted by Crippen LogP contribution is -2.58. The predicted molar refractivity (Wildman–Crippen MR) is 135 cm³/mol. The van der Waals surface area contributed by atoms with Crippen molar-refractivity contribution in [3.8, 4) is 0 Å². The molecule has 0 spiro atoms. The molecule has 4 rings (SSSR count). The topological polar surface area (TPSA) is 137 Å². The summed E-state index contributed by atoms with van der Waals surface area (Å²) in [6.45, 7) is 0. The average Bonchev–Trinajstić information content (AvgIpc) is 2.88. The molecule has 0 aliphatic carbocycles. The summed E-state index contributed by atoms with van der Waals surface area (Å²) in [5.41, 5.74) is 3.74. The standard InChI is InChI=1S/C25H18BrN5O5/c26-17-8-12-19(13-9-17)31-24(35)20(23(34)29-25(31)36)14-27-30-22(33)16-6-10-18(11-7-16)28-21(32)15-4-2-1-3-5-15/h1-14,20H,(H,28,32)(H,30,33)(H,29,34,36)/b27-14-/t20-/m0/s1. The number of benzene rings is 3. The number of barbiturate groups is 1. The second-order valence-electron chi connectivity index (χ2n) is 7.54. The van der Waals surface area contributed by atoms with Gasteiger partial charge < -0.3 is 5.32 Å². The summed E-state index contributed by atoms with van der Waals surface area (Å²) in [7, 11) is 0. The summed E-state index contributed by atoms with van der Waals surface area (Å²) in [5.74, 6) is -3.96. The monoisotopic (exact) mass is 547 g/mol. The number of rotatable bonds is 6. The summed E-state index contributed by atoms with van der Waals surface area (Å²) >= 11 is 3.27. The van der Waals surface area contributed by atoms with Crippen molar-refractivity contribution in [3.05, 3.63) is 94.5 Å². The summed E-state index contributed by atoms with van der Waals surface area (Å²) in [6.07, 6.45) is 0.961. The van der Waals surface area contributed by atoms with Crippen molar-refractivity contribution in [2.24, 2.45) is 11.0 Å². The molecule has 3 aromatic rings. The number of urea groups is 1. The number of hydrogen-bond acceptors (Lipinski definition) is 6. The van der Waals surface area contributed by atoms with Crippen molar-refractivity contribution < 1.29 is 24.0 Å². The van der Waals surface area contributed by atoms with Gasteiger partial charge in [-0.15, -0.1) is 0 Å². The number of amides is 6. The Kier molecular flexibility index (Phi) is 7.31. The van der Waals surface area contributed by atoms with Crippen LogP contribution in [-0.2, 0) is 9.59 Å². The summed E-state index contributed by atoms with van der Waals surface area (Å²) < 4.78 is 0.750. The molecular formula is C25H18BrN5O5. The highest BCUT2D eigenvalue weighted by Gasteiger charge is 2.40. The number of hydrogen-bond donors (Lipinski definition) is 3. The number of nitrogens with one attached hydrogen (secondary N) is 3. The molecule has 1 fully saturated rings. The van der Waals surface area contributed by atoms with Crippen LogP contribution in [0.1, 0.15) is 20.7 Å². The molecular weight excluding hydrogens is 530 g/mol. The minimum Gasteiger partial charge on any atom is -0.322 e. The molecule has 11 heteroatoms. The van der Waals surface area contributed by atoms with Crippen LogP contribution in [-0.4, -0.2) is 35.9 Å². The molecule has 6 amide bonds. The Labute approximate surface area is 213 Å². The number of hydrazone groups is 1. The van der Waals surface area contributed by atoms with E-state index >= 15 is 0 Å². The Balaban J connectivity index is 1.38. The molecule has 10 nitrogen and oxygen atoms in total. The van der Waals surface area contributed by atoms with E-state index in [0.717, 1.165) is 15.6 Å². The van der Waals surface area contributed by atoms with Gasteiger partial charge in [0.1, 0.15) is 0 Å². The minimum atomic E-state index is -1.41. The summed E-state index contributed by atoms with van der Waals surface area (Å²) in [4.78, 5) is 62.7. The number of imide groups is 2. The van der Waals surface area contributed by atoms with Crippen LogP contribution in [0.2, 0.25) is 0 Å². The van der Waals surface area contributed by atoms with Crippen LogP contribution in [0.15, 0.2) is 88.4 Å². The highest BCUT2D eigenvalue weighted by atomic mass is 79.9. The van der Waals surface area contributed by atoms with E-state index in [1.54, 1.807) is 66.7 Å². The van der Waals surface area contributed by atoms with E-state index in [1.165, 1.54) is 12.1 Å². The Morgan fingerprint density at radius 1 is 0.861 bits per heavy atom. The van der Waals surface area contributed by atoms with Crippen LogP contribution in [0.4, 0.5) is 16.2 Å². The summed E-state index contributed by atoms with van der Waals surface area (Å²) in [5, 5.41) is 8.56. The molecule has 36 heavy (non-hydrogen) atoms. The molecule has 1 aliphatic heterocycles. The fraction of sp³-hybridized carbons (Fsp3) is 0.0400. The van der Waals surface area contributed by atoms with Gasteiger partial charge in [-0.3, -0.25) is 24.5 Å². The van der Waals surface area contributed by atoms with Crippen LogP contribution < -0.4 is 21.0 Å². The molecule has 3 aromatic carbocycles. The van der Waals surface area contributed by atoms with Crippen molar-refractivity contribution in [2.45, 2.75) is 0 Å². The van der Waals surface area contributed by atoms with Gasteiger partial charge >= 0.3 is 6.03 Å². The van der Waals surface area contributed by atoms with Gasteiger partial charge in [-0.1, -0.05) is 34.1 Å². The molecule has 3 N–H and O–H groups in total. The number of nitrogens with zero attached hydrogens (tertiary/aromatic N) is 2. The number of carbonyl (C=O) groups excluding carboxylic acids is 5. The van der Waals surface area contributed by atoms with E-state index in [-0.39, 0.29) is 17.2 Å². The maximum absolute atomic E-state index is 12.8. The van der Waals surface area contributed by atoms with Crippen LogP contribution >= 0.6 is 15.9 Å². The molecule has 180 valence electrons. The number of carbonyl (C=O) groups is 5. The van der Waals surface area contributed by atoms with Gasteiger partial charge in [-0.05, 0) is 60.7 Å². The molecule has 1 saturated heterocycles. The van der Waals surface area contributed by atoms with Crippen molar-refractivity contribution >= 4 is 63.2 Å². The van der Waals surface area contributed by atoms with Crippen molar-refractivity contribution in [3.63, 3.8) is 0 Å². The zero-order chi connectivity index (χ0) is 25.7. The first-order chi connectivity index (χ1) is 17.3. The van der Waals surface area contributed by atoms with Gasteiger partial charge in [0.15, 0.2) is 5.92 Å². The maximum Gasteiger partial charge on any atom is 0.335 e. The molecule has 1 atom stereocenters. The number of halogens is 1. The SMILES string of the molecule is O=C(N/N=C\[C@H]1C(=O)NC(=O)N(c2ccc(Br)cc2)C1=O)c1ccc(NC(=O)c2ccccc2)cc1. The molecule has 1 heterocycles. The van der Waals surface area contributed by atoms with Crippen LogP contribution in [0.25, 0.3) is 0 Å². The van der Waals surface area contributed by atoms with E-state index in [9.17, 15) is 24.0 Å². The first kappa shape index (κ1) is 24.5. The lowest BCUT2D eigenvalue weighted by atomic mass is 10.1. The third-order valence-corrected chi connectivity index (χ3v) is 5.65. The smallest absolute Gasteiger partial charge is 0.322 e. The Morgan fingerprint density at radius 3 is 2.17 bits per heavy atom. The van der Waals surface area contributed by atoms with E-state index < -0.39 is 29.7 Å². The highest BCUT2D eigenvalue weighted by Crippen LogP contribution is 2.22. The fourth-order valence-corrected chi connectivity index (χ4v) is 3.55. The van der Waals surface area contributed by atoms with Gasteiger partial charge in [0, 0.05) is 27.5 Å². The van der Waals surface area contributed by atoms with E-state index in [0.29, 0.717) is 11.3 Å². The first-order valence-corrected chi connectivity index (χ1v) is 11.4.